The largest absolute Gasteiger partial charge is 0.356 e. The monoisotopic (exact) mass is 185 g/mol. The minimum Gasteiger partial charge on any atom is -0.356 e. The predicted molar refractivity (Wildman–Crippen MR) is 55.6 cm³/mol. The molecule has 1 aromatic heterocycles. The number of benzene rings is 1. The highest BCUT2D eigenvalue weighted by Gasteiger charge is 2.12. The van der Waals surface area contributed by atoms with Gasteiger partial charge in [-0.25, -0.2) is 0 Å². The first-order chi connectivity index (χ1) is 6.74. The van der Waals surface area contributed by atoms with E-state index in [2.05, 4.69) is 11.1 Å². The van der Waals surface area contributed by atoms with Gasteiger partial charge in [-0.1, -0.05) is 18.2 Å². The number of hydrogen-bond donors (Lipinski definition) is 2. The lowest BCUT2D eigenvalue weighted by atomic mass is 10.1. The molecule has 0 fully saturated rings. The highest BCUT2D eigenvalue weighted by atomic mass is 14.8. The van der Waals surface area contributed by atoms with Crippen molar-refractivity contribution >= 4 is 10.9 Å². The van der Waals surface area contributed by atoms with Crippen LogP contribution in [0.25, 0.3) is 10.9 Å². The van der Waals surface area contributed by atoms with Gasteiger partial charge in [0.25, 0.3) is 0 Å². The van der Waals surface area contributed by atoms with E-state index in [9.17, 15) is 0 Å². The third kappa shape index (κ3) is 1.17. The van der Waals surface area contributed by atoms with E-state index in [1.165, 1.54) is 0 Å². The van der Waals surface area contributed by atoms with Crippen molar-refractivity contribution in [1.82, 2.24) is 4.98 Å². The Morgan fingerprint density at radius 1 is 1.43 bits per heavy atom. The summed E-state index contributed by atoms with van der Waals surface area (Å²) in [6.45, 7) is 1.87. The molecule has 2 aromatic rings. The number of nitrogens with one attached hydrogen (secondary N) is 1. The molecule has 1 atom stereocenters. The quantitative estimate of drug-likeness (QED) is 0.714. The topological polar surface area (TPSA) is 65.6 Å². The molecule has 0 saturated carbocycles. The molecule has 1 aromatic carbocycles. The first-order valence-corrected chi connectivity index (χ1v) is 4.50. The molecular formula is C11H11N3. The molecule has 3 heteroatoms. The molecule has 0 aliphatic heterocycles. The lowest BCUT2D eigenvalue weighted by molar-refractivity contribution is 0.789. The number of hydrogen-bond acceptors (Lipinski definition) is 2. The summed E-state index contributed by atoms with van der Waals surface area (Å²) in [4.78, 5) is 3.17. The average molecular weight is 185 g/mol. The first-order valence-electron chi connectivity index (χ1n) is 4.50. The van der Waals surface area contributed by atoms with E-state index in [1.807, 2.05) is 31.2 Å². The number of aromatic amines is 1. The minimum atomic E-state index is -0.142. The molecule has 0 bridgehead atoms. The number of nitriles is 1. The van der Waals surface area contributed by atoms with E-state index < -0.39 is 0 Å². The summed E-state index contributed by atoms with van der Waals surface area (Å²) in [7, 11) is 0. The smallest absolute Gasteiger partial charge is 0.102 e. The summed E-state index contributed by atoms with van der Waals surface area (Å²) in [6.07, 6.45) is 0. The van der Waals surface area contributed by atoms with Gasteiger partial charge >= 0.3 is 0 Å². The highest BCUT2D eigenvalue weighted by Crippen LogP contribution is 2.24. The lowest BCUT2D eigenvalue weighted by Gasteiger charge is -2.00. The second-order valence-electron chi connectivity index (χ2n) is 3.36. The number of nitrogens with zero attached hydrogens (tertiary/aromatic N) is 1. The Kier molecular flexibility index (Phi) is 1.99. The number of rotatable bonds is 1. The molecule has 0 saturated heterocycles. The minimum absolute atomic E-state index is 0.142. The second kappa shape index (κ2) is 3.17. The molecule has 2 rings (SSSR count). The molecule has 0 amide bonds. The van der Waals surface area contributed by atoms with Crippen molar-refractivity contribution in [3.8, 4) is 6.07 Å². The van der Waals surface area contributed by atoms with Gasteiger partial charge in [0.1, 0.15) is 6.07 Å². The van der Waals surface area contributed by atoms with Crippen LogP contribution in [0, 0.1) is 11.3 Å². The summed E-state index contributed by atoms with van der Waals surface area (Å²) in [5.74, 6) is 0. The normalized spacial score (nSPS) is 12.6. The zero-order valence-electron chi connectivity index (χ0n) is 7.91. The summed E-state index contributed by atoms with van der Waals surface area (Å²) in [5, 5.41) is 9.98. The first kappa shape index (κ1) is 8.79. The van der Waals surface area contributed by atoms with Crippen molar-refractivity contribution in [2.24, 2.45) is 5.73 Å². The van der Waals surface area contributed by atoms with Crippen molar-refractivity contribution in [3.63, 3.8) is 0 Å². The van der Waals surface area contributed by atoms with E-state index in [4.69, 9.17) is 11.0 Å². The van der Waals surface area contributed by atoms with Crippen molar-refractivity contribution in [2.45, 2.75) is 13.0 Å². The summed E-state index contributed by atoms with van der Waals surface area (Å²) in [5.41, 5.74) is 8.22. The Morgan fingerprint density at radius 2 is 2.14 bits per heavy atom. The molecule has 70 valence electrons. The maximum Gasteiger partial charge on any atom is 0.102 e. The van der Waals surface area contributed by atoms with Crippen LogP contribution in [0.3, 0.4) is 0 Å². The SMILES string of the molecule is C[C@H](N)c1[nH]c2ccccc2c1C#N. The number of para-hydroxylation sites is 1. The van der Waals surface area contributed by atoms with Crippen molar-refractivity contribution < 1.29 is 0 Å². The highest BCUT2D eigenvalue weighted by molar-refractivity contribution is 5.87. The standard InChI is InChI=1S/C11H11N3/c1-7(13)11-9(6-12)8-4-2-3-5-10(8)14-11/h2-5,7,14H,13H2,1H3/t7-/m0/s1. The van der Waals surface area contributed by atoms with Gasteiger partial charge in [0.2, 0.25) is 0 Å². The Labute approximate surface area is 82.1 Å². The van der Waals surface area contributed by atoms with Crippen LogP contribution in [0.2, 0.25) is 0 Å². The van der Waals surface area contributed by atoms with Crippen LogP contribution in [0.1, 0.15) is 24.2 Å². The van der Waals surface area contributed by atoms with Gasteiger partial charge in [-0.3, -0.25) is 0 Å². The van der Waals surface area contributed by atoms with Crippen LogP contribution in [-0.2, 0) is 0 Å². The van der Waals surface area contributed by atoms with Crippen LogP contribution < -0.4 is 5.73 Å². The third-order valence-electron chi connectivity index (χ3n) is 2.30. The van der Waals surface area contributed by atoms with Crippen LogP contribution in [0.15, 0.2) is 24.3 Å². The van der Waals surface area contributed by atoms with Crippen LogP contribution in [0.4, 0.5) is 0 Å². The van der Waals surface area contributed by atoms with Gasteiger partial charge in [-0.05, 0) is 13.0 Å². The molecule has 1 heterocycles. The van der Waals surface area contributed by atoms with Crippen molar-refractivity contribution in [2.75, 3.05) is 0 Å². The number of H-pyrrole nitrogens is 1. The molecule has 14 heavy (non-hydrogen) atoms. The van der Waals surface area contributed by atoms with Gasteiger partial charge in [-0.2, -0.15) is 5.26 Å². The molecule has 0 aliphatic carbocycles. The molecule has 0 unspecified atom stereocenters. The molecular weight excluding hydrogens is 174 g/mol. The van der Waals surface area contributed by atoms with Crippen LogP contribution >= 0.6 is 0 Å². The zero-order valence-corrected chi connectivity index (χ0v) is 7.91. The van der Waals surface area contributed by atoms with Crippen LogP contribution in [0.5, 0.6) is 0 Å². The molecule has 3 N–H and O–H groups in total. The van der Waals surface area contributed by atoms with E-state index >= 15 is 0 Å². The number of aromatic nitrogens is 1. The van der Waals surface area contributed by atoms with E-state index in [-0.39, 0.29) is 6.04 Å². The molecule has 3 nitrogen and oxygen atoms in total. The Balaban J connectivity index is 2.81. The zero-order chi connectivity index (χ0) is 10.1. The fourth-order valence-corrected chi connectivity index (χ4v) is 1.62. The Hall–Kier alpha value is -1.79. The molecule has 0 spiro atoms. The fraction of sp³-hybridized carbons (Fsp3) is 0.182. The van der Waals surface area contributed by atoms with E-state index in [0.29, 0.717) is 5.56 Å². The van der Waals surface area contributed by atoms with E-state index in [0.717, 1.165) is 16.6 Å². The second-order valence-corrected chi connectivity index (χ2v) is 3.36. The van der Waals surface area contributed by atoms with Gasteiger partial charge in [0.15, 0.2) is 0 Å². The Bertz CT molecular complexity index is 503. The lowest BCUT2D eigenvalue weighted by Crippen LogP contribution is -2.06. The summed E-state index contributed by atoms with van der Waals surface area (Å²) in [6, 6.07) is 9.77. The fourth-order valence-electron chi connectivity index (χ4n) is 1.62. The summed E-state index contributed by atoms with van der Waals surface area (Å²) < 4.78 is 0. The predicted octanol–water partition coefficient (Wildman–Crippen LogP) is 2.06. The average Bonchev–Trinajstić information content (AvgIpc) is 2.56. The maximum absolute atomic E-state index is 9.03. The maximum atomic E-state index is 9.03. The number of fused-ring (bicyclic) bond motifs is 1. The number of nitrogens with two attached hydrogens (primary N) is 1. The molecule has 0 aliphatic rings. The molecule has 0 radical (unpaired) electrons. The summed E-state index contributed by atoms with van der Waals surface area (Å²) >= 11 is 0. The van der Waals surface area contributed by atoms with Gasteiger partial charge in [0.05, 0.1) is 11.3 Å². The van der Waals surface area contributed by atoms with Gasteiger partial charge < -0.3 is 10.7 Å². The van der Waals surface area contributed by atoms with Crippen molar-refractivity contribution in [3.05, 3.63) is 35.5 Å². The third-order valence-corrected chi connectivity index (χ3v) is 2.30. The Morgan fingerprint density at radius 3 is 2.79 bits per heavy atom. The van der Waals surface area contributed by atoms with Crippen molar-refractivity contribution in [1.29, 1.82) is 5.26 Å². The van der Waals surface area contributed by atoms with E-state index in [1.54, 1.807) is 0 Å². The van der Waals surface area contributed by atoms with Gasteiger partial charge in [0, 0.05) is 16.9 Å². The van der Waals surface area contributed by atoms with Gasteiger partial charge in [-0.15, -0.1) is 0 Å². The van der Waals surface area contributed by atoms with Crippen LogP contribution in [-0.4, -0.2) is 4.98 Å².